The van der Waals surface area contributed by atoms with Crippen LogP contribution in [-0.2, 0) is 11.2 Å². The first-order chi connectivity index (χ1) is 7.77. The summed E-state index contributed by atoms with van der Waals surface area (Å²) in [6.07, 6.45) is 3.06. The minimum atomic E-state index is -0.347. The van der Waals surface area contributed by atoms with Gasteiger partial charge in [-0.15, -0.1) is 0 Å². The van der Waals surface area contributed by atoms with Gasteiger partial charge in [0, 0.05) is 17.2 Å². The summed E-state index contributed by atoms with van der Waals surface area (Å²) in [7, 11) is 0. The maximum Gasteiger partial charge on any atom is 0.359 e. The Hall–Kier alpha value is -1.36. The Labute approximate surface area is 94.4 Å². The number of H-pyrrole nitrogens is 1. The fraction of sp³-hybridized carbons (Fsp3) is 0.636. The van der Waals surface area contributed by atoms with Gasteiger partial charge in [-0.05, 0) is 32.7 Å². The number of nitrogens with one attached hydrogen (secondary N) is 1. The Kier molecular flexibility index (Phi) is 3.24. The van der Waals surface area contributed by atoms with Crippen LogP contribution in [0.1, 0.15) is 47.4 Å². The van der Waals surface area contributed by atoms with Gasteiger partial charge in [0.25, 0.3) is 0 Å². The second-order valence-corrected chi connectivity index (χ2v) is 4.01. The van der Waals surface area contributed by atoms with Gasteiger partial charge in [-0.2, -0.15) is 5.10 Å². The van der Waals surface area contributed by atoms with Crippen molar-refractivity contribution in [1.29, 1.82) is 0 Å². The second kappa shape index (κ2) is 4.65. The lowest BCUT2D eigenvalue weighted by Gasteiger charge is -2.20. The molecule has 0 saturated carbocycles. The summed E-state index contributed by atoms with van der Waals surface area (Å²) in [5.74, 6) is -0.109. The lowest BCUT2D eigenvalue weighted by molar-refractivity contribution is 0.0517. The molecule has 0 amide bonds. The molecule has 1 heterocycles. The maximum absolute atomic E-state index is 11.7. The van der Waals surface area contributed by atoms with E-state index in [1.165, 1.54) is 0 Å². The van der Waals surface area contributed by atoms with E-state index in [9.17, 15) is 4.79 Å². The van der Waals surface area contributed by atoms with Crippen LogP contribution in [0.3, 0.4) is 0 Å². The summed E-state index contributed by atoms with van der Waals surface area (Å²) < 4.78 is 4.98. The number of carbonyl (C=O) groups excluding carboxylic acids is 1. The van der Waals surface area contributed by atoms with Crippen LogP contribution in [0.25, 0.3) is 0 Å². The van der Waals surface area contributed by atoms with Crippen molar-refractivity contribution in [1.82, 2.24) is 10.2 Å². The molecule has 1 aliphatic carbocycles. The second-order valence-electron chi connectivity index (χ2n) is 4.01. The minimum absolute atomic E-state index is 0.238. The van der Waals surface area contributed by atoms with E-state index in [1.807, 2.05) is 0 Å². The average molecular weight is 223 g/mol. The Morgan fingerprint density at radius 2 is 2.50 bits per heavy atom. The van der Waals surface area contributed by atoms with Crippen LogP contribution < -0.4 is 5.73 Å². The van der Waals surface area contributed by atoms with Crippen LogP contribution in [0.4, 0.5) is 0 Å². The highest BCUT2D eigenvalue weighted by atomic mass is 16.5. The first kappa shape index (κ1) is 11.1. The molecule has 1 aromatic rings. The normalized spacial score (nSPS) is 19.2. The molecule has 0 fully saturated rings. The number of nitrogens with zero attached hydrogens (tertiary/aromatic N) is 1. The Morgan fingerprint density at radius 3 is 3.19 bits per heavy atom. The molecule has 16 heavy (non-hydrogen) atoms. The van der Waals surface area contributed by atoms with Crippen molar-refractivity contribution in [2.45, 2.75) is 32.1 Å². The van der Waals surface area contributed by atoms with Crippen molar-refractivity contribution >= 4 is 5.97 Å². The summed E-state index contributed by atoms with van der Waals surface area (Å²) in [6.45, 7) is 2.71. The van der Waals surface area contributed by atoms with E-state index in [0.29, 0.717) is 18.8 Å². The number of hydrogen-bond acceptors (Lipinski definition) is 4. The lowest BCUT2D eigenvalue weighted by Crippen LogP contribution is -2.20. The minimum Gasteiger partial charge on any atom is -0.461 e. The van der Waals surface area contributed by atoms with E-state index in [0.717, 1.165) is 30.5 Å². The summed E-state index contributed by atoms with van der Waals surface area (Å²) in [5, 5.41) is 6.98. The fourth-order valence-electron chi connectivity index (χ4n) is 2.28. The monoisotopic (exact) mass is 223 g/mol. The number of hydrogen-bond donors (Lipinski definition) is 2. The highest BCUT2D eigenvalue weighted by molar-refractivity contribution is 5.89. The number of aryl methyl sites for hydroxylation is 1. The molecule has 1 atom stereocenters. The van der Waals surface area contributed by atoms with Gasteiger partial charge < -0.3 is 10.5 Å². The van der Waals surface area contributed by atoms with Crippen molar-refractivity contribution in [3.63, 3.8) is 0 Å². The number of esters is 1. The molecule has 0 bridgehead atoms. The molecular formula is C11H17N3O2. The third-order valence-corrected chi connectivity index (χ3v) is 3.02. The Morgan fingerprint density at radius 1 is 1.69 bits per heavy atom. The zero-order valence-corrected chi connectivity index (χ0v) is 9.45. The van der Waals surface area contributed by atoms with Gasteiger partial charge >= 0.3 is 5.97 Å². The van der Waals surface area contributed by atoms with E-state index in [1.54, 1.807) is 6.92 Å². The number of carbonyl (C=O) groups is 1. The molecular weight excluding hydrogens is 206 g/mol. The molecule has 3 N–H and O–H groups in total. The molecule has 0 aromatic carbocycles. The van der Waals surface area contributed by atoms with Crippen molar-refractivity contribution in [2.75, 3.05) is 13.2 Å². The molecule has 0 radical (unpaired) electrons. The molecule has 0 aliphatic heterocycles. The number of ether oxygens (including phenoxy) is 1. The molecule has 5 heteroatoms. The van der Waals surface area contributed by atoms with Gasteiger partial charge in [-0.25, -0.2) is 4.79 Å². The van der Waals surface area contributed by atoms with Crippen LogP contribution in [0.15, 0.2) is 0 Å². The van der Waals surface area contributed by atoms with Gasteiger partial charge in [-0.3, -0.25) is 5.10 Å². The van der Waals surface area contributed by atoms with Crippen molar-refractivity contribution < 1.29 is 9.53 Å². The maximum atomic E-state index is 11.7. The lowest BCUT2D eigenvalue weighted by atomic mass is 9.85. The summed E-state index contributed by atoms with van der Waals surface area (Å²) in [6, 6.07) is 0. The van der Waals surface area contributed by atoms with E-state index in [2.05, 4.69) is 10.2 Å². The number of aromatic nitrogens is 2. The van der Waals surface area contributed by atoms with E-state index in [4.69, 9.17) is 10.5 Å². The molecule has 2 rings (SSSR count). The third-order valence-electron chi connectivity index (χ3n) is 3.02. The first-order valence-corrected chi connectivity index (χ1v) is 5.72. The van der Waals surface area contributed by atoms with E-state index < -0.39 is 0 Å². The molecule has 5 nitrogen and oxygen atoms in total. The van der Waals surface area contributed by atoms with Crippen molar-refractivity contribution in [2.24, 2.45) is 5.73 Å². The summed E-state index contributed by atoms with van der Waals surface area (Å²) in [4.78, 5) is 11.7. The number of fused-ring (bicyclic) bond motifs is 1. The van der Waals surface area contributed by atoms with Crippen LogP contribution in [0.2, 0.25) is 0 Å². The van der Waals surface area contributed by atoms with Gasteiger partial charge in [0.1, 0.15) is 0 Å². The van der Waals surface area contributed by atoms with Crippen LogP contribution >= 0.6 is 0 Å². The first-order valence-electron chi connectivity index (χ1n) is 5.72. The molecule has 1 aliphatic rings. The molecule has 1 unspecified atom stereocenters. The zero-order valence-electron chi connectivity index (χ0n) is 9.45. The largest absolute Gasteiger partial charge is 0.461 e. The van der Waals surface area contributed by atoms with Gasteiger partial charge in [0.2, 0.25) is 0 Å². The highest BCUT2D eigenvalue weighted by Crippen LogP contribution is 2.32. The Bertz CT molecular complexity index is 387. The number of rotatable bonds is 3. The van der Waals surface area contributed by atoms with E-state index >= 15 is 0 Å². The van der Waals surface area contributed by atoms with Gasteiger partial charge in [0.05, 0.1) is 6.61 Å². The van der Waals surface area contributed by atoms with Crippen molar-refractivity contribution in [3.8, 4) is 0 Å². The quantitative estimate of drug-likeness (QED) is 0.748. The highest BCUT2D eigenvalue weighted by Gasteiger charge is 2.28. The smallest absolute Gasteiger partial charge is 0.359 e. The molecule has 0 spiro atoms. The van der Waals surface area contributed by atoms with Crippen molar-refractivity contribution in [3.05, 3.63) is 17.0 Å². The fourth-order valence-corrected chi connectivity index (χ4v) is 2.28. The predicted molar refractivity (Wildman–Crippen MR) is 59.3 cm³/mol. The molecule has 1 aromatic heterocycles. The average Bonchev–Trinajstić information content (AvgIpc) is 2.72. The SMILES string of the molecule is CCOC(=O)c1n[nH]c2c1C(CN)CCC2. The summed E-state index contributed by atoms with van der Waals surface area (Å²) >= 11 is 0. The van der Waals surface area contributed by atoms with Gasteiger partial charge in [-0.1, -0.05) is 0 Å². The van der Waals surface area contributed by atoms with E-state index in [-0.39, 0.29) is 11.9 Å². The number of nitrogens with two attached hydrogens (primary N) is 1. The predicted octanol–water partition coefficient (Wildman–Crippen LogP) is 0.965. The summed E-state index contributed by atoms with van der Waals surface area (Å²) in [5.41, 5.74) is 8.17. The van der Waals surface area contributed by atoms with Crippen LogP contribution in [0, 0.1) is 0 Å². The van der Waals surface area contributed by atoms with Gasteiger partial charge in [0.15, 0.2) is 5.69 Å². The zero-order chi connectivity index (χ0) is 11.5. The third kappa shape index (κ3) is 1.82. The molecule has 88 valence electrons. The topological polar surface area (TPSA) is 81.0 Å². The Balaban J connectivity index is 2.33. The standard InChI is InChI=1S/C11H17N3O2/c1-2-16-11(15)10-9-7(6-12)4-3-5-8(9)13-14-10/h7H,2-6,12H2,1H3,(H,13,14). The van der Waals surface area contributed by atoms with Crippen LogP contribution in [0.5, 0.6) is 0 Å². The molecule has 0 saturated heterocycles. The number of aromatic amines is 1. The van der Waals surface area contributed by atoms with Crippen LogP contribution in [-0.4, -0.2) is 29.3 Å².